The van der Waals surface area contributed by atoms with Crippen molar-refractivity contribution >= 4 is 17.8 Å². The Hall–Kier alpha value is -1.88. The second-order valence-electron chi connectivity index (χ2n) is 4.70. The number of hydrogen-bond donors (Lipinski definition) is 0. The third kappa shape index (κ3) is 3.36. The Morgan fingerprint density at radius 2 is 2.10 bits per heavy atom. The zero-order valence-electron chi connectivity index (χ0n) is 12.0. The molecular weight excluding hydrogens is 276 g/mol. The van der Waals surface area contributed by atoms with Crippen molar-refractivity contribution in [2.24, 2.45) is 12.2 Å². The molecule has 20 heavy (non-hydrogen) atoms. The Labute approximate surface area is 123 Å². The largest absolute Gasteiger partial charge is 0.391 e. The minimum absolute atomic E-state index is 0.291. The Bertz CT molecular complexity index is 629. The van der Waals surface area contributed by atoms with Gasteiger partial charge in [0.15, 0.2) is 0 Å². The van der Waals surface area contributed by atoms with E-state index in [1.807, 2.05) is 32.9 Å². The topological polar surface area (TPSA) is 52.3 Å². The maximum absolute atomic E-state index is 6.11. The van der Waals surface area contributed by atoms with E-state index in [1.54, 1.807) is 17.9 Å². The highest BCUT2D eigenvalue weighted by Crippen LogP contribution is 2.19. The number of halogens is 1. The molecule has 2 heterocycles. The molecule has 6 heteroatoms. The molecule has 0 aliphatic carbocycles. The fourth-order valence-corrected chi connectivity index (χ4v) is 2.20. The van der Waals surface area contributed by atoms with Crippen LogP contribution in [-0.2, 0) is 18.5 Å². The summed E-state index contributed by atoms with van der Waals surface area (Å²) in [5, 5.41) is 8.71. The van der Waals surface area contributed by atoms with Crippen LogP contribution in [0.4, 0.5) is 0 Å². The van der Waals surface area contributed by atoms with Gasteiger partial charge < -0.3 is 4.84 Å². The van der Waals surface area contributed by atoms with E-state index in [1.165, 1.54) is 0 Å². The van der Waals surface area contributed by atoms with Gasteiger partial charge in [0.25, 0.3) is 0 Å². The van der Waals surface area contributed by atoms with Crippen LogP contribution < -0.4 is 0 Å². The highest BCUT2D eigenvalue weighted by Gasteiger charge is 2.11. The third-order valence-corrected chi connectivity index (χ3v) is 3.33. The molecule has 0 aliphatic heterocycles. The normalized spacial score (nSPS) is 11.2. The van der Waals surface area contributed by atoms with Crippen LogP contribution in [0.5, 0.6) is 0 Å². The summed E-state index contributed by atoms with van der Waals surface area (Å²) in [5.41, 5.74) is 4.57. The molecule has 2 aromatic rings. The molecule has 0 radical (unpaired) electrons. The molecule has 2 rings (SSSR count). The van der Waals surface area contributed by atoms with Gasteiger partial charge in [-0.25, -0.2) is 0 Å². The molecule has 0 saturated carbocycles. The van der Waals surface area contributed by atoms with Crippen LogP contribution in [-0.4, -0.2) is 21.0 Å². The Morgan fingerprint density at radius 1 is 1.35 bits per heavy atom. The van der Waals surface area contributed by atoms with Gasteiger partial charge in [-0.05, 0) is 38.5 Å². The summed E-state index contributed by atoms with van der Waals surface area (Å²) < 4.78 is 1.62. The maximum Gasteiger partial charge on any atom is 0.147 e. The molecule has 0 saturated heterocycles. The number of hydrogen-bond acceptors (Lipinski definition) is 4. The van der Waals surface area contributed by atoms with Gasteiger partial charge in [-0.1, -0.05) is 16.8 Å². The fraction of sp³-hybridized carbons (Fsp3) is 0.357. The number of oxime groups is 1. The monoisotopic (exact) mass is 292 g/mol. The van der Waals surface area contributed by atoms with E-state index in [4.69, 9.17) is 16.4 Å². The Kier molecular flexibility index (Phi) is 4.39. The van der Waals surface area contributed by atoms with Gasteiger partial charge in [0.2, 0.25) is 0 Å². The standard InChI is InChI=1S/C14H17ClN4O/c1-9-5-10(2)17-12(6-9)7-16-20-8-13-11(3)18-19(4)14(13)15/h5-7H,8H2,1-4H3. The molecular formula is C14H17ClN4O. The van der Waals surface area contributed by atoms with E-state index >= 15 is 0 Å². The van der Waals surface area contributed by atoms with Gasteiger partial charge in [0, 0.05) is 12.7 Å². The van der Waals surface area contributed by atoms with Crippen LogP contribution in [0, 0.1) is 20.8 Å². The van der Waals surface area contributed by atoms with Gasteiger partial charge in [0.1, 0.15) is 11.8 Å². The van der Waals surface area contributed by atoms with Crippen LogP contribution in [0.15, 0.2) is 17.3 Å². The fourth-order valence-electron chi connectivity index (χ4n) is 1.97. The van der Waals surface area contributed by atoms with Crippen LogP contribution >= 0.6 is 11.6 Å². The summed E-state index contributed by atoms with van der Waals surface area (Å²) in [7, 11) is 1.79. The first-order chi connectivity index (χ1) is 9.47. The lowest BCUT2D eigenvalue weighted by molar-refractivity contribution is 0.131. The molecule has 0 aliphatic rings. The van der Waals surface area contributed by atoms with Crippen LogP contribution in [0.2, 0.25) is 5.15 Å². The van der Waals surface area contributed by atoms with E-state index in [9.17, 15) is 0 Å². The summed E-state index contributed by atoms with van der Waals surface area (Å²) in [4.78, 5) is 9.62. The lowest BCUT2D eigenvalue weighted by Gasteiger charge is -2.00. The molecule has 0 N–H and O–H groups in total. The number of rotatable bonds is 4. The van der Waals surface area contributed by atoms with Crippen molar-refractivity contribution in [3.63, 3.8) is 0 Å². The van der Waals surface area contributed by atoms with Crippen molar-refractivity contribution < 1.29 is 4.84 Å². The lowest BCUT2D eigenvalue weighted by Crippen LogP contribution is -1.94. The quantitative estimate of drug-likeness (QED) is 0.643. The first-order valence-electron chi connectivity index (χ1n) is 6.26. The Morgan fingerprint density at radius 3 is 2.70 bits per heavy atom. The van der Waals surface area contributed by atoms with E-state index in [0.717, 1.165) is 28.2 Å². The number of aryl methyl sites for hydroxylation is 4. The van der Waals surface area contributed by atoms with E-state index < -0.39 is 0 Å². The van der Waals surface area contributed by atoms with Gasteiger partial charge in [-0.15, -0.1) is 0 Å². The molecule has 2 aromatic heterocycles. The minimum atomic E-state index is 0.291. The van der Waals surface area contributed by atoms with E-state index in [-0.39, 0.29) is 0 Å². The maximum atomic E-state index is 6.11. The number of nitrogens with zero attached hydrogens (tertiary/aromatic N) is 4. The van der Waals surface area contributed by atoms with E-state index in [2.05, 4.69) is 15.2 Å². The average Bonchev–Trinajstić information content (AvgIpc) is 2.59. The molecule has 0 fully saturated rings. The minimum Gasteiger partial charge on any atom is -0.391 e. The highest BCUT2D eigenvalue weighted by molar-refractivity contribution is 6.30. The van der Waals surface area contributed by atoms with Gasteiger partial charge >= 0.3 is 0 Å². The molecule has 0 aromatic carbocycles. The van der Waals surface area contributed by atoms with Gasteiger partial charge in [-0.2, -0.15) is 5.10 Å². The van der Waals surface area contributed by atoms with E-state index in [0.29, 0.717) is 11.8 Å². The third-order valence-electron chi connectivity index (χ3n) is 2.86. The second-order valence-corrected chi connectivity index (χ2v) is 5.06. The zero-order chi connectivity index (χ0) is 14.7. The second kappa shape index (κ2) is 6.05. The molecule has 0 bridgehead atoms. The summed E-state index contributed by atoms with van der Waals surface area (Å²) in [6.45, 7) is 6.15. The van der Waals surface area contributed by atoms with Crippen molar-refractivity contribution in [2.45, 2.75) is 27.4 Å². The average molecular weight is 293 g/mol. The van der Waals surface area contributed by atoms with Crippen LogP contribution in [0.1, 0.15) is 28.2 Å². The summed E-state index contributed by atoms with van der Waals surface area (Å²) in [6.07, 6.45) is 1.60. The van der Waals surface area contributed by atoms with Crippen LogP contribution in [0.25, 0.3) is 0 Å². The smallest absolute Gasteiger partial charge is 0.147 e. The number of pyridine rings is 1. The van der Waals surface area contributed by atoms with Crippen molar-refractivity contribution in [1.29, 1.82) is 0 Å². The lowest BCUT2D eigenvalue weighted by atomic mass is 10.2. The predicted molar refractivity (Wildman–Crippen MR) is 79.0 cm³/mol. The molecule has 0 amide bonds. The van der Waals surface area contributed by atoms with Gasteiger partial charge in [-0.3, -0.25) is 9.67 Å². The molecule has 0 atom stereocenters. The van der Waals surface area contributed by atoms with Crippen molar-refractivity contribution in [3.8, 4) is 0 Å². The Balaban J connectivity index is 2.00. The zero-order valence-corrected chi connectivity index (χ0v) is 12.8. The molecule has 106 valence electrons. The van der Waals surface area contributed by atoms with Crippen molar-refractivity contribution in [3.05, 3.63) is 45.5 Å². The highest BCUT2D eigenvalue weighted by atomic mass is 35.5. The first-order valence-corrected chi connectivity index (χ1v) is 6.63. The summed E-state index contributed by atoms with van der Waals surface area (Å²) >= 11 is 6.11. The molecule has 0 spiro atoms. The molecule has 5 nitrogen and oxygen atoms in total. The number of aromatic nitrogens is 3. The summed E-state index contributed by atoms with van der Waals surface area (Å²) in [5.74, 6) is 0. The summed E-state index contributed by atoms with van der Waals surface area (Å²) in [6, 6.07) is 3.96. The van der Waals surface area contributed by atoms with Gasteiger partial charge in [0.05, 0.1) is 23.2 Å². The van der Waals surface area contributed by atoms with Crippen molar-refractivity contribution in [1.82, 2.24) is 14.8 Å². The van der Waals surface area contributed by atoms with Crippen LogP contribution in [0.3, 0.4) is 0 Å². The van der Waals surface area contributed by atoms with Crippen molar-refractivity contribution in [2.75, 3.05) is 0 Å². The molecule has 0 unspecified atom stereocenters. The predicted octanol–water partition coefficient (Wildman–Crippen LogP) is 2.94. The first kappa shape index (κ1) is 14.5. The SMILES string of the molecule is Cc1cc(C)nc(C=NOCc2c(C)nn(C)c2Cl)c1.